The topological polar surface area (TPSA) is 143 Å². The van der Waals surface area contributed by atoms with E-state index in [9.17, 15) is 24.0 Å². The molecule has 4 aromatic rings. The number of pyridine rings is 1. The van der Waals surface area contributed by atoms with Gasteiger partial charge in [0.05, 0.1) is 46.1 Å². The number of fused-ring (bicyclic) bond motifs is 1. The number of hydrogen-bond acceptors (Lipinski definition) is 8. The van der Waals surface area contributed by atoms with Crippen LogP contribution >= 0.6 is 23.2 Å². The zero-order valence-electron chi connectivity index (χ0n) is 20.1. The highest BCUT2D eigenvalue weighted by Crippen LogP contribution is 2.34. The van der Waals surface area contributed by atoms with Crippen LogP contribution in [0.5, 0.6) is 0 Å². The van der Waals surface area contributed by atoms with Crippen LogP contribution in [0.25, 0.3) is 16.7 Å². The van der Waals surface area contributed by atoms with Crippen LogP contribution in [0.2, 0.25) is 10.0 Å². The highest BCUT2D eigenvalue weighted by atomic mass is 35.5. The SMILES string of the molecule is CCOC(=O)NC(=O)/C(C#N)=N\Nc1cc(Cl)c(-n2ncc3c2ccc(=O)n3Cc2cccc(F)c2)c(Cl)c1. The number of nitrogens with zero attached hydrogens (tertiary/aromatic N) is 5. The molecular formula is C25H18Cl2FN7O4. The van der Waals surface area contributed by atoms with Crippen LogP contribution in [0.4, 0.5) is 14.9 Å². The molecule has 0 aliphatic rings. The first kappa shape index (κ1) is 27.3. The Morgan fingerprint density at radius 2 is 1.90 bits per heavy atom. The molecule has 0 atom stereocenters. The van der Waals surface area contributed by atoms with Crippen molar-refractivity contribution in [1.82, 2.24) is 19.7 Å². The van der Waals surface area contributed by atoms with Crippen LogP contribution < -0.4 is 16.3 Å². The lowest BCUT2D eigenvalue weighted by molar-refractivity contribution is -0.114. The van der Waals surface area contributed by atoms with Gasteiger partial charge in [0.1, 0.15) is 17.6 Å². The van der Waals surface area contributed by atoms with Crippen molar-refractivity contribution in [1.29, 1.82) is 5.26 Å². The smallest absolute Gasteiger partial charge is 0.414 e. The second-order valence-corrected chi connectivity index (χ2v) is 8.68. The first-order valence-corrected chi connectivity index (χ1v) is 12.0. The van der Waals surface area contributed by atoms with Gasteiger partial charge in [0.2, 0.25) is 5.71 Å². The highest BCUT2D eigenvalue weighted by molar-refractivity contribution is 6.47. The lowest BCUT2D eigenvalue weighted by atomic mass is 10.2. The summed E-state index contributed by atoms with van der Waals surface area (Å²) in [5.74, 6) is -1.48. The number of rotatable bonds is 7. The summed E-state index contributed by atoms with van der Waals surface area (Å²) in [6, 6.07) is 13.3. The van der Waals surface area contributed by atoms with E-state index >= 15 is 0 Å². The Bertz CT molecular complexity index is 1700. The summed E-state index contributed by atoms with van der Waals surface area (Å²) in [7, 11) is 0. The Morgan fingerprint density at radius 1 is 1.15 bits per heavy atom. The summed E-state index contributed by atoms with van der Waals surface area (Å²) in [6.07, 6.45) is 0.453. The summed E-state index contributed by atoms with van der Waals surface area (Å²) in [6.45, 7) is 1.71. The number of nitriles is 1. The molecule has 0 aliphatic carbocycles. The average Bonchev–Trinajstić information content (AvgIpc) is 3.30. The Labute approximate surface area is 230 Å². The molecule has 2 N–H and O–H groups in total. The molecule has 0 unspecified atom stereocenters. The quantitative estimate of drug-likeness (QED) is 0.250. The van der Waals surface area contributed by atoms with Gasteiger partial charge in [-0.05, 0) is 42.8 Å². The van der Waals surface area contributed by atoms with E-state index in [1.807, 2.05) is 5.32 Å². The predicted molar refractivity (Wildman–Crippen MR) is 143 cm³/mol. The van der Waals surface area contributed by atoms with Gasteiger partial charge in [0.25, 0.3) is 11.5 Å². The number of aromatic nitrogens is 3. The molecule has 2 aromatic heterocycles. The molecule has 4 rings (SSSR count). The van der Waals surface area contributed by atoms with Gasteiger partial charge in [-0.3, -0.25) is 20.3 Å². The van der Waals surface area contributed by atoms with E-state index in [4.69, 9.17) is 23.2 Å². The van der Waals surface area contributed by atoms with Gasteiger partial charge in [-0.2, -0.15) is 15.5 Å². The van der Waals surface area contributed by atoms with Crippen LogP contribution in [0.15, 0.2) is 64.6 Å². The molecule has 0 bridgehead atoms. The van der Waals surface area contributed by atoms with Crippen LogP contribution in [-0.2, 0) is 16.1 Å². The minimum absolute atomic E-state index is 0.0380. The Morgan fingerprint density at radius 3 is 2.56 bits per heavy atom. The average molecular weight is 570 g/mol. The molecule has 2 amide bonds. The van der Waals surface area contributed by atoms with E-state index < -0.39 is 23.5 Å². The number of carbonyl (C=O) groups excluding carboxylic acids is 2. The zero-order valence-corrected chi connectivity index (χ0v) is 21.6. The fourth-order valence-electron chi connectivity index (χ4n) is 3.63. The number of benzene rings is 2. The van der Waals surface area contributed by atoms with Crippen molar-refractivity contribution in [3.05, 3.63) is 86.5 Å². The molecule has 0 radical (unpaired) electrons. The third-order valence-corrected chi connectivity index (χ3v) is 5.87. The molecule has 2 heterocycles. The largest absolute Gasteiger partial charge is 0.450 e. The number of nitrogens with one attached hydrogen (secondary N) is 2. The third-order valence-electron chi connectivity index (χ3n) is 5.29. The molecule has 11 nitrogen and oxygen atoms in total. The van der Waals surface area contributed by atoms with Gasteiger partial charge >= 0.3 is 6.09 Å². The van der Waals surface area contributed by atoms with Crippen LogP contribution in [0.1, 0.15) is 12.5 Å². The van der Waals surface area contributed by atoms with Crippen LogP contribution in [-0.4, -0.2) is 38.7 Å². The maximum Gasteiger partial charge on any atom is 0.414 e. The molecule has 2 aromatic carbocycles. The van der Waals surface area contributed by atoms with E-state index in [1.165, 1.54) is 45.8 Å². The Balaban J connectivity index is 1.64. The first-order valence-electron chi connectivity index (χ1n) is 11.2. The predicted octanol–water partition coefficient (Wildman–Crippen LogP) is 4.25. The van der Waals surface area contributed by atoms with Crippen molar-refractivity contribution < 1.29 is 18.7 Å². The van der Waals surface area contributed by atoms with Gasteiger partial charge in [0, 0.05) is 6.07 Å². The van der Waals surface area contributed by atoms with E-state index in [0.717, 1.165) is 0 Å². The number of halogens is 3. The third kappa shape index (κ3) is 6.06. The Hall–Kier alpha value is -4.73. The van der Waals surface area contributed by atoms with E-state index in [1.54, 1.807) is 31.2 Å². The normalized spacial score (nSPS) is 11.2. The standard InChI is InChI=1S/C25H18Cl2FN7O4/c1-2-39-25(38)31-24(37)19(11-29)33-32-16-9-17(26)23(18(27)10-16)35-20-6-7-22(36)34(21(20)12-30-35)13-14-4-3-5-15(28)8-14/h3-10,12,32H,2,13H2,1H3,(H,31,37,38)/b33-19-. The van der Waals surface area contributed by atoms with Crippen molar-refractivity contribution in [3.63, 3.8) is 0 Å². The second kappa shape index (κ2) is 11.8. The van der Waals surface area contributed by atoms with Crippen molar-refractivity contribution in [2.75, 3.05) is 12.0 Å². The second-order valence-electron chi connectivity index (χ2n) is 7.86. The molecule has 198 valence electrons. The van der Waals surface area contributed by atoms with Crippen molar-refractivity contribution >= 4 is 57.6 Å². The fraction of sp³-hybridized carbons (Fsp3) is 0.120. The molecular weight excluding hydrogens is 552 g/mol. The molecule has 0 aliphatic heterocycles. The number of carbonyl (C=O) groups is 2. The van der Waals surface area contributed by atoms with Gasteiger partial charge < -0.3 is 9.30 Å². The summed E-state index contributed by atoms with van der Waals surface area (Å²) >= 11 is 13.0. The van der Waals surface area contributed by atoms with Gasteiger partial charge in [-0.25, -0.2) is 13.9 Å². The highest BCUT2D eigenvalue weighted by Gasteiger charge is 2.18. The van der Waals surface area contributed by atoms with Crippen LogP contribution in [0, 0.1) is 17.1 Å². The molecule has 39 heavy (non-hydrogen) atoms. The minimum Gasteiger partial charge on any atom is -0.450 e. The summed E-state index contributed by atoms with van der Waals surface area (Å²) in [4.78, 5) is 36.0. The number of hydrogen-bond donors (Lipinski definition) is 2. The number of imide groups is 1. The Kier molecular flexibility index (Phi) is 8.24. The van der Waals surface area contributed by atoms with Crippen molar-refractivity contribution in [2.45, 2.75) is 13.5 Å². The first-order chi connectivity index (χ1) is 18.7. The minimum atomic E-state index is -1.07. The molecule has 0 saturated carbocycles. The molecule has 14 heteroatoms. The van der Waals surface area contributed by atoms with Crippen LogP contribution in [0.3, 0.4) is 0 Å². The van der Waals surface area contributed by atoms with Gasteiger partial charge in [-0.15, -0.1) is 0 Å². The number of alkyl carbamates (subject to hydrolysis) is 1. The van der Waals surface area contributed by atoms with E-state index in [2.05, 4.69) is 20.4 Å². The van der Waals surface area contributed by atoms with E-state index in [0.29, 0.717) is 22.3 Å². The lowest BCUT2D eigenvalue weighted by Gasteiger charge is -2.12. The maximum absolute atomic E-state index is 13.7. The molecule has 0 saturated heterocycles. The number of ether oxygens (including phenoxy) is 1. The fourth-order valence-corrected chi connectivity index (χ4v) is 4.28. The zero-order chi connectivity index (χ0) is 28.1. The number of amides is 2. The lowest BCUT2D eigenvalue weighted by Crippen LogP contribution is -2.36. The maximum atomic E-state index is 13.7. The number of anilines is 1. The monoisotopic (exact) mass is 569 g/mol. The summed E-state index contributed by atoms with van der Waals surface area (Å²) in [5, 5.41) is 19.4. The summed E-state index contributed by atoms with van der Waals surface area (Å²) in [5.41, 5.74) is 3.64. The van der Waals surface area contributed by atoms with Gasteiger partial charge in [-0.1, -0.05) is 35.3 Å². The summed E-state index contributed by atoms with van der Waals surface area (Å²) < 4.78 is 21.2. The van der Waals surface area contributed by atoms with Gasteiger partial charge in [0.15, 0.2) is 0 Å². The molecule has 0 fully saturated rings. The van der Waals surface area contributed by atoms with Crippen molar-refractivity contribution in [2.24, 2.45) is 5.10 Å². The van der Waals surface area contributed by atoms with E-state index in [-0.39, 0.29) is 34.4 Å². The number of hydrazone groups is 1. The molecule has 0 spiro atoms. The van der Waals surface area contributed by atoms with Crippen molar-refractivity contribution in [3.8, 4) is 11.8 Å².